The minimum absolute atomic E-state index is 0.0234. The van der Waals surface area contributed by atoms with Crippen molar-refractivity contribution in [2.24, 2.45) is 5.92 Å². The molecule has 5 rings (SSSR count). The number of sulfonamides is 1. The molecule has 228 valence electrons. The van der Waals surface area contributed by atoms with E-state index in [0.29, 0.717) is 28.0 Å². The second kappa shape index (κ2) is 12.9. The smallest absolute Gasteiger partial charge is 0.489 e. The molecule has 1 fully saturated rings. The first kappa shape index (κ1) is 30.8. The van der Waals surface area contributed by atoms with Crippen LogP contribution in [-0.4, -0.2) is 56.1 Å². The van der Waals surface area contributed by atoms with E-state index in [9.17, 15) is 26.8 Å². The van der Waals surface area contributed by atoms with Crippen molar-refractivity contribution in [1.82, 2.24) is 9.29 Å². The number of fused-ring (bicyclic) bond motifs is 1. The molecule has 1 amide bonds. The van der Waals surface area contributed by atoms with Crippen LogP contribution in [0.5, 0.6) is 11.5 Å². The molecule has 0 spiro atoms. The van der Waals surface area contributed by atoms with Gasteiger partial charge in [0.15, 0.2) is 11.5 Å². The van der Waals surface area contributed by atoms with E-state index in [1.165, 1.54) is 48.8 Å². The molecule has 1 aromatic heterocycles. The van der Waals surface area contributed by atoms with Crippen LogP contribution in [0.3, 0.4) is 0 Å². The van der Waals surface area contributed by atoms with E-state index in [1.807, 2.05) is 0 Å². The van der Waals surface area contributed by atoms with Crippen LogP contribution in [0.15, 0.2) is 59.8 Å². The summed E-state index contributed by atoms with van der Waals surface area (Å²) in [5.74, 6) is -0.607. The third kappa shape index (κ3) is 7.11. The van der Waals surface area contributed by atoms with Gasteiger partial charge in [-0.15, -0.1) is 0 Å². The summed E-state index contributed by atoms with van der Waals surface area (Å²) < 4.78 is 73.3. The van der Waals surface area contributed by atoms with Crippen LogP contribution in [0.2, 0.25) is 10.0 Å². The average molecular weight is 657 g/mol. The van der Waals surface area contributed by atoms with E-state index in [-0.39, 0.29) is 38.4 Å². The van der Waals surface area contributed by atoms with E-state index in [4.69, 9.17) is 37.4 Å². The molecule has 43 heavy (non-hydrogen) atoms. The van der Waals surface area contributed by atoms with Crippen LogP contribution in [0, 0.1) is 5.92 Å². The number of aromatic nitrogens is 1. The van der Waals surface area contributed by atoms with Gasteiger partial charge in [0, 0.05) is 18.8 Å². The summed E-state index contributed by atoms with van der Waals surface area (Å²) in [4.78, 5) is 29.2. The predicted molar refractivity (Wildman–Crippen MR) is 149 cm³/mol. The Morgan fingerprint density at radius 2 is 1.79 bits per heavy atom. The Balaban J connectivity index is 1.33. The molecule has 1 unspecified atom stereocenters. The van der Waals surface area contributed by atoms with Crippen molar-refractivity contribution in [2.75, 3.05) is 19.8 Å². The first-order chi connectivity index (χ1) is 20.5. The topological polar surface area (TPSA) is 121 Å². The lowest BCUT2D eigenvalue weighted by Crippen LogP contribution is -2.33. The van der Waals surface area contributed by atoms with Crippen LogP contribution in [0.4, 0.5) is 13.6 Å². The van der Waals surface area contributed by atoms with Gasteiger partial charge in [0.25, 0.3) is 15.9 Å². The number of rotatable bonds is 12. The Bertz CT molecular complexity index is 1620. The van der Waals surface area contributed by atoms with E-state index >= 15 is 0 Å². The lowest BCUT2D eigenvalue weighted by Gasteiger charge is -2.21. The molecule has 10 nitrogen and oxygen atoms in total. The van der Waals surface area contributed by atoms with Gasteiger partial charge >= 0.3 is 12.8 Å². The zero-order chi connectivity index (χ0) is 30.7. The number of ether oxygens (including phenoxy) is 4. The molecule has 0 bridgehead atoms. The van der Waals surface area contributed by atoms with Crippen LogP contribution < -0.4 is 9.47 Å². The Hall–Kier alpha value is -3.68. The van der Waals surface area contributed by atoms with Crippen molar-refractivity contribution >= 4 is 45.3 Å². The first-order valence-electron chi connectivity index (χ1n) is 13.0. The average Bonchev–Trinajstić information content (AvgIpc) is 3.77. The number of hydrogen-bond donors (Lipinski definition) is 0. The molecule has 2 aromatic carbocycles. The standard InChI is InChI=1S/C28H24Cl2F2N2O8S/c29-20-13-33-14-21(30)19(20)12-23(17-7-8-22(41-27(31)32)24(11-17)40-15-16-5-6-16)42-28(36)39-10-9-34-26(35)18-3-1-2-4-25(18)43(34,37)38/h1-4,7-8,11,13-14,16,23,27H,5-6,9-10,12,15H2. The zero-order valence-corrected chi connectivity index (χ0v) is 24.6. The Kier molecular flexibility index (Phi) is 9.23. The molecule has 1 aliphatic heterocycles. The quantitative estimate of drug-likeness (QED) is 0.214. The number of benzene rings is 2. The lowest BCUT2D eigenvalue weighted by atomic mass is 10.0. The highest BCUT2D eigenvalue weighted by Gasteiger charge is 2.40. The summed E-state index contributed by atoms with van der Waals surface area (Å²) in [5, 5.41) is 0.379. The summed E-state index contributed by atoms with van der Waals surface area (Å²) >= 11 is 12.6. The van der Waals surface area contributed by atoms with Gasteiger partial charge in [-0.3, -0.25) is 9.78 Å². The SMILES string of the molecule is O=C(OCCN1C(=O)c2ccccc2S1(=O)=O)OC(Cc1c(Cl)cncc1Cl)c1ccc(OC(F)F)c(OCC2CC2)c1. The molecule has 3 aromatic rings. The fourth-order valence-corrected chi connectivity index (χ4v) is 6.46. The molecule has 0 radical (unpaired) electrons. The minimum Gasteiger partial charge on any atom is -0.489 e. The molecule has 0 N–H and O–H groups in total. The van der Waals surface area contributed by atoms with E-state index in [0.717, 1.165) is 12.8 Å². The predicted octanol–water partition coefficient (Wildman–Crippen LogP) is 6.06. The highest BCUT2D eigenvalue weighted by molar-refractivity contribution is 7.90. The summed E-state index contributed by atoms with van der Waals surface area (Å²) in [7, 11) is -4.10. The number of pyridine rings is 1. The van der Waals surface area contributed by atoms with Crippen LogP contribution in [0.25, 0.3) is 0 Å². The van der Waals surface area contributed by atoms with Crippen molar-refractivity contribution in [3.05, 3.63) is 81.6 Å². The maximum Gasteiger partial charge on any atom is 0.508 e. The maximum atomic E-state index is 13.0. The third-order valence-electron chi connectivity index (χ3n) is 6.73. The number of alkyl halides is 2. The molecule has 1 aliphatic carbocycles. The number of halogens is 4. The number of hydrogen-bond acceptors (Lipinski definition) is 9. The second-order valence-corrected chi connectivity index (χ2v) is 12.4. The van der Waals surface area contributed by atoms with Gasteiger partial charge in [-0.25, -0.2) is 17.5 Å². The lowest BCUT2D eigenvalue weighted by molar-refractivity contribution is -0.0515. The van der Waals surface area contributed by atoms with Gasteiger partial charge in [-0.05, 0) is 54.2 Å². The fraction of sp³-hybridized carbons (Fsp3) is 0.321. The van der Waals surface area contributed by atoms with Crippen LogP contribution >= 0.6 is 23.2 Å². The minimum atomic E-state index is -4.10. The van der Waals surface area contributed by atoms with Crippen molar-refractivity contribution in [2.45, 2.75) is 36.9 Å². The first-order valence-corrected chi connectivity index (χ1v) is 15.2. The van der Waals surface area contributed by atoms with Gasteiger partial charge in [0.05, 0.1) is 28.8 Å². The summed E-state index contributed by atoms with van der Waals surface area (Å²) in [5.41, 5.74) is 0.729. The zero-order valence-electron chi connectivity index (χ0n) is 22.3. The van der Waals surface area contributed by atoms with E-state index in [2.05, 4.69) is 9.72 Å². The third-order valence-corrected chi connectivity index (χ3v) is 9.23. The highest BCUT2D eigenvalue weighted by Crippen LogP contribution is 2.38. The summed E-state index contributed by atoms with van der Waals surface area (Å²) in [6.45, 7) is -3.75. The second-order valence-electron chi connectivity index (χ2n) is 9.71. The molecule has 1 saturated carbocycles. The summed E-state index contributed by atoms with van der Waals surface area (Å²) in [6, 6.07) is 9.84. The molecule has 1 atom stereocenters. The van der Waals surface area contributed by atoms with Crippen LogP contribution in [-0.2, 0) is 25.9 Å². The number of amides is 1. The van der Waals surface area contributed by atoms with Crippen molar-refractivity contribution in [1.29, 1.82) is 0 Å². The van der Waals surface area contributed by atoms with Gasteiger partial charge in [-0.2, -0.15) is 8.78 Å². The Labute approximate surface area is 255 Å². The van der Waals surface area contributed by atoms with Gasteiger partial charge in [-0.1, -0.05) is 41.4 Å². The fourth-order valence-electron chi connectivity index (χ4n) is 4.38. The number of carbonyl (C=O) groups is 2. The Morgan fingerprint density at radius 3 is 2.47 bits per heavy atom. The summed E-state index contributed by atoms with van der Waals surface area (Å²) in [6.07, 6.45) is 2.24. The Morgan fingerprint density at radius 1 is 1.07 bits per heavy atom. The molecular weight excluding hydrogens is 633 g/mol. The molecular formula is C28H24Cl2F2N2O8S. The van der Waals surface area contributed by atoms with E-state index in [1.54, 1.807) is 6.07 Å². The van der Waals surface area contributed by atoms with E-state index < -0.39 is 48.0 Å². The molecule has 2 aliphatic rings. The number of carbonyl (C=O) groups excluding carboxylic acids is 2. The number of nitrogens with zero attached hydrogens (tertiary/aromatic N) is 2. The normalized spacial score (nSPS) is 16.1. The van der Waals surface area contributed by atoms with Crippen molar-refractivity contribution in [3.63, 3.8) is 0 Å². The maximum absolute atomic E-state index is 13.0. The molecule has 2 heterocycles. The van der Waals surface area contributed by atoms with Crippen molar-refractivity contribution < 1.29 is 45.7 Å². The largest absolute Gasteiger partial charge is 0.508 e. The van der Waals surface area contributed by atoms with Gasteiger partial charge in [0.1, 0.15) is 17.6 Å². The molecule has 15 heteroatoms. The van der Waals surface area contributed by atoms with Crippen LogP contribution in [0.1, 0.15) is 40.4 Å². The monoisotopic (exact) mass is 656 g/mol. The molecule has 0 saturated heterocycles. The van der Waals surface area contributed by atoms with Gasteiger partial charge in [0.2, 0.25) is 0 Å². The van der Waals surface area contributed by atoms with Crippen molar-refractivity contribution in [3.8, 4) is 11.5 Å². The van der Waals surface area contributed by atoms with Gasteiger partial charge < -0.3 is 18.9 Å². The highest BCUT2D eigenvalue weighted by atomic mass is 35.5.